The SMILES string of the molecule is O=C(O)C[C@H]1CCCc2ccccc2[C@@H]1CC(=O)O. The Morgan fingerprint density at radius 2 is 1.79 bits per heavy atom. The van der Waals surface area contributed by atoms with Crippen LogP contribution in [0, 0.1) is 5.92 Å². The lowest BCUT2D eigenvalue weighted by molar-refractivity contribution is -0.141. The molecule has 4 nitrogen and oxygen atoms in total. The minimum atomic E-state index is -0.864. The Bertz CT molecular complexity index is 481. The molecule has 1 aliphatic carbocycles. The van der Waals surface area contributed by atoms with E-state index in [0.717, 1.165) is 24.8 Å². The molecule has 0 aliphatic heterocycles. The van der Waals surface area contributed by atoms with E-state index in [1.54, 1.807) is 0 Å². The van der Waals surface area contributed by atoms with Gasteiger partial charge in [0.2, 0.25) is 0 Å². The van der Waals surface area contributed by atoms with E-state index in [-0.39, 0.29) is 24.7 Å². The molecule has 1 aromatic rings. The maximum absolute atomic E-state index is 11.1. The van der Waals surface area contributed by atoms with Gasteiger partial charge in [0.05, 0.1) is 6.42 Å². The van der Waals surface area contributed by atoms with Gasteiger partial charge in [-0.1, -0.05) is 24.3 Å². The third kappa shape index (κ3) is 3.34. The van der Waals surface area contributed by atoms with E-state index in [9.17, 15) is 9.59 Å². The summed E-state index contributed by atoms with van der Waals surface area (Å²) in [6.45, 7) is 0. The molecule has 4 heteroatoms. The molecule has 0 spiro atoms. The molecule has 0 bridgehead atoms. The van der Waals surface area contributed by atoms with Gasteiger partial charge < -0.3 is 10.2 Å². The summed E-state index contributed by atoms with van der Waals surface area (Å²) in [6.07, 6.45) is 2.66. The maximum Gasteiger partial charge on any atom is 0.303 e. The molecule has 2 rings (SSSR count). The molecule has 1 aromatic carbocycles. The number of aliphatic carboxylic acids is 2. The lowest BCUT2D eigenvalue weighted by Crippen LogP contribution is -2.19. The standard InChI is InChI=1S/C15H18O4/c16-14(17)8-11-6-3-5-10-4-1-2-7-12(10)13(11)9-15(18)19/h1-2,4,7,11,13H,3,5-6,8-9H2,(H,16,17)(H,18,19)/t11-,13-/m1/s1. The molecule has 0 fully saturated rings. The molecule has 0 heterocycles. The molecule has 2 atom stereocenters. The van der Waals surface area contributed by atoms with Crippen LogP contribution in [0.2, 0.25) is 0 Å². The average Bonchev–Trinajstić information content (AvgIpc) is 2.49. The van der Waals surface area contributed by atoms with Gasteiger partial charge in [-0.05, 0) is 42.2 Å². The summed E-state index contributed by atoms with van der Waals surface area (Å²) in [7, 11) is 0. The summed E-state index contributed by atoms with van der Waals surface area (Å²) in [6, 6.07) is 7.82. The van der Waals surface area contributed by atoms with Crippen molar-refractivity contribution in [2.45, 2.75) is 38.0 Å². The van der Waals surface area contributed by atoms with E-state index >= 15 is 0 Å². The van der Waals surface area contributed by atoms with E-state index in [0.29, 0.717) is 0 Å². The number of benzene rings is 1. The normalized spacial score (nSPS) is 22.3. The average molecular weight is 262 g/mol. The Hall–Kier alpha value is -1.84. The quantitative estimate of drug-likeness (QED) is 0.818. The van der Waals surface area contributed by atoms with E-state index in [2.05, 4.69) is 0 Å². The van der Waals surface area contributed by atoms with E-state index in [4.69, 9.17) is 10.2 Å². The number of carbonyl (C=O) groups is 2. The highest BCUT2D eigenvalue weighted by Crippen LogP contribution is 2.39. The van der Waals surface area contributed by atoms with Crippen LogP contribution in [0.5, 0.6) is 0 Å². The van der Waals surface area contributed by atoms with Gasteiger partial charge in [0, 0.05) is 6.42 Å². The number of aryl methyl sites for hydroxylation is 1. The van der Waals surface area contributed by atoms with Crippen LogP contribution in [0.4, 0.5) is 0 Å². The topological polar surface area (TPSA) is 74.6 Å². The molecular weight excluding hydrogens is 244 g/mol. The van der Waals surface area contributed by atoms with Gasteiger partial charge in [0.25, 0.3) is 0 Å². The number of hydrogen-bond acceptors (Lipinski definition) is 2. The molecule has 0 amide bonds. The van der Waals surface area contributed by atoms with Gasteiger partial charge in [0.1, 0.15) is 0 Å². The monoisotopic (exact) mass is 262 g/mol. The van der Waals surface area contributed by atoms with Crippen LogP contribution in [0.1, 0.15) is 42.7 Å². The van der Waals surface area contributed by atoms with Crippen molar-refractivity contribution in [3.05, 3.63) is 35.4 Å². The second-order valence-electron chi connectivity index (χ2n) is 5.15. The molecule has 0 saturated heterocycles. The number of carboxylic acid groups (broad SMARTS) is 2. The zero-order valence-corrected chi connectivity index (χ0v) is 10.7. The van der Waals surface area contributed by atoms with Gasteiger partial charge in [-0.15, -0.1) is 0 Å². The van der Waals surface area contributed by atoms with E-state index in [1.165, 1.54) is 5.56 Å². The maximum atomic E-state index is 11.1. The molecule has 1 aliphatic rings. The minimum Gasteiger partial charge on any atom is -0.481 e. The molecule has 102 valence electrons. The van der Waals surface area contributed by atoms with Crippen LogP contribution in [0.3, 0.4) is 0 Å². The summed E-state index contributed by atoms with van der Waals surface area (Å²) < 4.78 is 0. The van der Waals surface area contributed by atoms with Crippen LogP contribution in [0.25, 0.3) is 0 Å². The van der Waals surface area contributed by atoms with Crippen LogP contribution in [0.15, 0.2) is 24.3 Å². The van der Waals surface area contributed by atoms with E-state index < -0.39 is 11.9 Å². The largest absolute Gasteiger partial charge is 0.481 e. The summed E-state index contributed by atoms with van der Waals surface area (Å²) in [5.74, 6) is -1.98. The zero-order valence-electron chi connectivity index (χ0n) is 10.7. The third-order valence-corrected chi connectivity index (χ3v) is 3.88. The lowest BCUT2D eigenvalue weighted by atomic mass is 9.80. The zero-order chi connectivity index (χ0) is 13.8. The van der Waals surface area contributed by atoms with Gasteiger partial charge in [0.15, 0.2) is 0 Å². The molecule has 2 N–H and O–H groups in total. The Labute approximate surface area is 112 Å². The Morgan fingerprint density at radius 1 is 1.11 bits per heavy atom. The fourth-order valence-corrected chi connectivity index (χ4v) is 3.07. The number of fused-ring (bicyclic) bond motifs is 1. The van der Waals surface area contributed by atoms with Gasteiger partial charge >= 0.3 is 11.9 Å². The lowest BCUT2D eigenvalue weighted by Gasteiger charge is -2.24. The van der Waals surface area contributed by atoms with Crippen molar-refractivity contribution in [1.82, 2.24) is 0 Å². The van der Waals surface area contributed by atoms with Crippen molar-refractivity contribution in [1.29, 1.82) is 0 Å². The number of carboxylic acids is 2. The van der Waals surface area contributed by atoms with Crippen molar-refractivity contribution in [3.8, 4) is 0 Å². The van der Waals surface area contributed by atoms with Crippen LogP contribution < -0.4 is 0 Å². The predicted octanol–water partition coefficient (Wildman–Crippen LogP) is 2.67. The summed E-state index contributed by atoms with van der Waals surface area (Å²) in [5, 5.41) is 18.1. The molecule has 0 aromatic heterocycles. The van der Waals surface area contributed by atoms with Gasteiger partial charge in [-0.25, -0.2) is 0 Å². The smallest absolute Gasteiger partial charge is 0.303 e. The minimum absolute atomic E-state index is 0.00889. The first-order valence-electron chi connectivity index (χ1n) is 6.59. The first-order valence-corrected chi connectivity index (χ1v) is 6.59. The highest BCUT2D eigenvalue weighted by molar-refractivity contribution is 5.70. The molecule has 0 unspecified atom stereocenters. The van der Waals surface area contributed by atoms with Crippen LogP contribution >= 0.6 is 0 Å². The van der Waals surface area contributed by atoms with Crippen molar-refractivity contribution in [2.24, 2.45) is 5.92 Å². The van der Waals surface area contributed by atoms with Crippen molar-refractivity contribution in [2.75, 3.05) is 0 Å². The molecule has 0 saturated carbocycles. The second-order valence-corrected chi connectivity index (χ2v) is 5.15. The Morgan fingerprint density at radius 3 is 2.47 bits per heavy atom. The predicted molar refractivity (Wildman–Crippen MR) is 70.1 cm³/mol. The van der Waals surface area contributed by atoms with Crippen molar-refractivity contribution < 1.29 is 19.8 Å². The number of rotatable bonds is 4. The molecular formula is C15H18O4. The van der Waals surface area contributed by atoms with Crippen molar-refractivity contribution in [3.63, 3.8) is 0 Å². The fraction of sp³-hybridized carbons (Fsp3) is 0.467. The Kier molecular flexibility index (Phi) is 4.20. The summed E-state index contributed by atoms with van der Waals surface area (Å²) in [5.41, 5.74) is 2.19. The highest BCUT2D eigenvalue weighted by atomic mass is 16.4. The van der Waals surface area contributed by atoms with Crippen molar-refractivity contribution >= 4 is 11.9 Å². The van der Waals surface area contributed by atoms with Crippen LogP contribution in [-0.4, -0.2) is 22.2 Å². The summed E-state index contributed by atoms with van der Waals surface area (Å²) in [4.78, 5) is 22.0. The van der Waals surface area contributed by atoms with Gasteiger partial charge in [-0.3, -0.25) is 9.59 Å². The molecule has 19 heavy (non-hydrogen) atoms. The summed E-state index contributed by atoms with van der Waals surface area (Å²) >= 11 is 0. The van der Waals surface area contributed by atoms with Gasteiger partial charge in [-0.2, -0.15) is 0 Å². The Balaban J connectivity index is 2.35. The molecule has 0 radical (unpaired) electrons. The highest BCUT2D eigenvalue weighted by Gasteiger charge is 2.30. The van der Waals surface area contributed by atoms with E-state index in [1.807, 2.05) is 24.3 Å². The first kappa shape index (κ1) is 13.6. The third-order valence-electron chi connectivity index (χ3n) is 3.88. The number of hydrogen-bond donors (Lipinski definition) is 2. The second kappa shape index (κ2) is 5.87. The van der Waals surface area contributed by atoms with Crippen LogP contribution in [-0.2, 0) is 16.0 Å². The first-order chi connectivity index (χ1) is 9.08. The fourth-order valence-electron chi connectivity index (χ4n) is 3.07.